The molecule has 104 valence electrons. The summed E-state index contributed by atoms with van der Waals surface area (Å²) in [4.78, 5) is 0. The quantitative estimate of drug-likeness (QED) is 0.556. The first-order valence-electron chi connectivity index (χ1n) is 6.82. The van der Waals surface area contributed by atoms with Crippen LogP contribution in [0, 0.1) is 5.92 Å². The molecule has 0 radical (unpaired) electrons. The maximum Gasteiger partial charge on any atom is 0.0758 e. The molecule has 2 unspecified atom stereocenters. The third kappa shape index (κ3) is 4.62. The Kier molecular flexibility index (Phi) is 8.08. The van der Waals surface area contributed by atoms with Gasteiger partial charge in [0.15, 0.2) is 0 Å². The van der Waals surface area contributed by atoms with Crippen molar-refractivity contribution in [1.82, 2.24) is 5.32 Å². The minimum Gasteiger partial charge on any atom is -0.310 e. The second-order valence-corrected chi connectivity index (χ2v) is 8.37. The number of thiophene rings is 1. The highest BCUT2D eigenvalue weighted by Crippen LogP contribution is 2.39. The SMILES string of the molecule is CCCCC(CC)C(NCC)c1cc(Br)sc1Br. The molecule has 4 heteroatoms. The number of hydrogen-bond acceptors (Lipinski definition) is 2. The summed E-state index contributed by atoms with van der Waals surface area (Å²) in [6.07, 6.45) is 5.15. The van der Waals surface area contributed by atoms with Crippen molar-refractivity contribution < 1.29 is 0 Å². The Bertz CT molecular complexity index is 352. The summed E-state index contributed by atoms with van der Waals surface area (Å²) in [5.74, 6) is 0.725. The maximum absolute atomic E-state index is 3.70. The van der Waals surface area contributed by atoms with Gasteiger partial charge in [0.25, 0.3) is 0 Å². The van der Waals surface area contributed by atoms with Crippen molar-refractivity contribution in [2.45, 2.75) is 52.5 Å². The van der Waals surface area contributed by atoms with Gasteiger partial charge < -0.3 is 5.32 Å². The molecule has 0 amide bonds. The van der Waals surface area contributed by atoms with E-state index in [4.69, 9.17) is 0 Å². The van der Waals surface area contributed by atoms with E-state index in [0.29, 0.717) is 6.04 Å². The first kappa shape index (κ1) is 16.7. The van der Waals surface area contributed by atoms with E-state index < -0.39 is 0 Å². The first-order chi connectivity index (χ1) is 8.63. The van der Waals surface area contributed by atoms with Gasteiger partial charge in [-0.25, -0.2) is 0 Å². The Morgan fingerprint density at radius 1 is 1.28 bits per heavy atom. The molecule has 1 nitrogen and oxygen atoms in total. The molecule has 0 aliphatic rings. The normalized spacial score (nSPS) is 14.7. The van der Waals surface area contributed by atoms with E-state index in [1.807, 2.05) is 0 Å². The van der Waals surface area contributed by atoms with Crippen LogP contribution in [-0.2, 0) is 0 Å². The fourth-order valence-corrected chi connectivity index (χ4v) is 5.32. The number of unbranched alkanes of at least 4 members (excludes halogenated alkanes) is 1. The van der Waals surface area contributed by atoms with Crippen LogP contribution in [0.3, 0.4) is 0 Å². The monoisotopic (exact) mass is 395 g/mol. The van der Waals surface area contributed by atoms with E-state index in [0.717, 1.165) is 12.5 Å². The van der Waals surface area contributed by atoms with Gasteiger partial charge >= 0.3 is 0 Å². The average Bonchev–Trinajstić information content (AvgIpc) is 2.67. The number of rotatable bonds is 8. The molecule has 0 bridgehead atoms. The lowest BCUT2D eigenvalue weighted by Crippen LogP contribution is -2.28. The van der Waals surface area contributed by atoms with Crippen LogP contribution in [0.2, 0.25) is 0 Å². The maximum atomic E-state index is 3.70. The summed E-state index contributed by atoms with van der Waals surface area (Å²) in [6, 6.07) is 2.74. The summed E-state index contributed by atoms with van der Waals surface area (Å²) >= 11 is 9.06. The lowest BCUT2D eigenvalue weighted by molar-refractivity contribution is 0.327. The third-order valence-electron chi connectivity index (χ3n) is 3.37. The van der Waals surface area contributed by atoms with Gasteiger partial charge in [-0.3, -0.25) is 0 Å². The largest absolute Gasteiger partial charge is 0.310 e. The summed E-state index contributed by atoms with van der Waals surface area (Å²) < 4.78 is 2.47. The van der Waals surface area contributed by atoms with Crippen LogP contribution in [0.1, 0.15) is 58.1 Å². The van der Waals surface area contributed by atoms with Gasteiger partial charge in [-0.15, -0.1) is 11.3 Å². The number of nitrogens with one attached hydrogen (secondary N) is 1. The molecule has 1 rings (SSSR count). The zero-order valence-electron chi connectivity index (χ0n) is 11.4. The minimum absolute atomic E-state index is 0.475. The molecule has 0 fully saturated rings. The van der Waals surface area contributed by atoms with Crippen LogP contribution < -0.4 is 5.32 Å². The molecule has 0 aromatic carbocycles. The Morgan fingerprint density at radius 3 is 2.44 bits per heavy atom. The molecule has 0 aliphatic carbocycles. The topological polar surface area (TPSA) is 12.0 Å². The predicted molar refractivity (Wildman–Crippen MR) is 89.4 cm³/mol. The number of halogens is 2. The van der Waals surface area contributed by atoms with Crippen molar-refractivity contribution in [3.05, 3.63) is 19.2 Å². The molecule has 18 heavy (non-hydrogen) atoms. The number of hydrogen-bond donors (Lipinski definition) is 1. The van der Waals surface area contributed by atoms with Crippen LogP contribution in [0.15, 0.2) is 13.6 Å². The molecular weight excluding hydrogens is 374 g/mol. The van der Waals surface area contributed by atoms with Gasteiger partial charge in [-0.2, -0.15) is 0 Å². The van der Waals surface area contributed by atoms with E-state index in [2.05, 4.69) is 64.0 Å². The van der Waals surface area contributed by atoms with Crippen LogP contribution >= 0.6 is 43.2 Å². The zero-order valence-corrected chi connectivity index (χ0v) is 15.4. The van der Waals surface area contributed by atoms with Gasteiger partial charge in [0.1, 0.15) is 0 Å². The molecule has 0 spiro atoms. The Labute approximate surface area is 132 Å². The van der Waals surface area contributed by atoms with Crippen molar-refractivity contribution in [2.24, 2.45) is 5.92 Å². The van der Waals surface area contributed by atoms with Crippen LogP contribution in [0.4, 0.5) is 0 Å². The molecule has 1 aromatic rings. The van der Waals surface area contributed by atoms with Gasteiger partial charge in [0.05, 0.1) is 7.57 Å². The van der Waals surface area contributed by atoms with Gasteiger partial charge in [0.2, 0.25) is 0 Å². The molecule has 0 saturated heterocycles. The smallest absolute Gasteiger partial charge is 0.0758 e. The van der Waals surface area contributed by atoms with Gasteiger partial charge in [0, 0.05) is 6.04 Å². The highest BCUT2D eigenvalue weighted by molar-refractivity contribution is 9.12. The summed E-state index contributed by atoms with van der Waals surface area (Å²) in [5, 5.41) is 3.67. The predicted octanol–water partition coefficient (Wildman–Crippen LogP) is 6.14. The highest BCUT2D eigenvalue weighted by Gasteiger charge is 2.24. The lowest BCUT2D eigenvalue weighted by Gasteiger charge is -2.27. The van der Waals surface area contributed by atoms with Crippen LogP contribution in [-0.4, -0.2) is 6.54 Å². The standard InChI is InChI=1S/C14H23Br2NS/c1-4-7-8-10(5-2)13(17-6-3)11-9-12(15)18-14(11)16/h9-10,13,17H,4-8H2,1-3H3. The second-order valence-electron chi connectivity index (χ2n) is 4.63. The molecule has 1 heterocycles. The van der Waals surface area contributed by atoms with E-state index in [-0.39, 0.29) is 0 Å². The minimum atomic E-state index is 0.475. The zero-order chi connectivity index (χ0) is 13.5. The molecule has 1 N–H and O–H groups in total. The lowest BCUT2D eigenvalue weighted by atomic mass is 9.88. The summed E-state index contributed by atoms with van der Waals surface area (Å²) in [7, 11) is 0. The molecule has 1 aromatic heterocycles. The Morgan fingerprint density at radius 2 is 2.00 bits per heavy atom. The summed E-state index contributed by atoms with van der Waals surface area (Å²) in [5.41, 5.74) is 1.41. The average molecular weight is 397 g/mol. The van der Waals surface area contributed by atoms with E-state index in [1.54, 1.807) is 11.3 Å². The van der Waals surface area contributed by atoms with E-state index >= 15 is 0 Å². The van der Waals surface area contributed by atoms with Crippen molar-refractivity contribution in [3.8, 4) is 0 Å². The van der Waals surface area contributed by atoms with Crippen molar-refractivity contribution in [3.63, 3.8) is 0 Å². The third-order valence-corrected chi connectivity index (χ3v) is 5.75. The molecule has 2 atom stereocenters. The van der Waals surface area contributed by atoms with E-state index in [9.17, 15) is 0 Å². The van der Waals surface area contributed by atoms with Crippen molar-refractivity contribution in [1.29, 1.82) is 0 Å². The Balaban J connectivity index is 2.88. The van der Waals surface area contributed by atoms with Gasteiger partial charge in [-0.1, -0.05) is 40.0 Å². The van der Waals surface area contributed by atoms with Crippen LogP contribution in [0.25, 0.3) is 0 Å². The van der Waals surface area contributed by atoms with Crippen LogP contribution in [0.5, 0.6) is 0 Å². The van der Waals surface area contributed by atoms with Gasteiger partial charge in [-0.05, 0) is 62.4 Å². The summed E-state index contributed by atoms with van der Waals surface area (Å²) in [6.45, 7) is 7.79. The highest BCUT2D eigenvalue weighted by atomic mass is 79.9. The van der Waals surface area contributed by atoms with Crippen molar-refractivity contribution >= 4 is 43.2 Å². The molecule has 0 saturated carbocycles. The molecular formula is C14H23Br2NS. The fourth-order valence-electron chi connectivity index (χ4n) is 2.39. The first-order valence-corrected chi connectivity index (χ1v) is 9.22. The second kappa shape index (κ2) is 8.72. The molecule has 0 aliphatic heterocycles. The van der Waals surface area contributed by atoms with Crippen molar-refractivity contribution in [2.75, 3.05) is 6.54 Å². The fraction of sp³-hybridized carbons (Fsp3) is 0.714. The van der Waals surface area contributed by atoms with E-state index in [1.165, 1.54) is 38.8 Å². The Hall–Kier alpha value is 0.620.